The van der Waals surface area contributed by atoms with Crippen LogP contribution in [0.15, 0.2) is 52.4 Å². The van der Waals surface area contributed by atoms with Crippen molar-refractivity contribution in [2.24, 2.45) is 10.9 Å². The van der Waals surface area contributed by atoms with Crippen molar-refractivity contribution in [1.29, 1.82) is 0 Å². The number of sulfonamides is 1. The molecule has 1 heterocycles. The average Bonchev–Trinajstić information content (AvgIpc) is 3.01. The second-order valence-electron chi connectivity index (χ2n) is 7.65. The molecule has 9 heteroatoms. The molecule has 0 saturated carbocycles. The molecule has 31 heavy (non-hydrogen) atoms. The van der Waals surface area contributed by atoms with Crippen molar-refractivity contribution in [1.82, 2.24) is 9.62 Å². The van der Waals surface area contributed by atoms with Crippen LogP contribution in [-0.2, 0) is 21.4 Å². The van der Waals surface area contributed by atoms with E-state index in [2.05, 4.69) is 9.71 Å². The van der Waals surface area contributed by atoms with Gasteiger partial charge < -0.3 is 14.4 Å². The molecule has 1 atom stereocenters. The van der Waals surface area contributed by atoms with Crippen LogP contribution in [0.3, 0.4) is 0 Å². The number of likely N-dealkylation sites (N-methyl/N-ethyl adjacent to an activating group) is 1. The molecule has 1 aliphatic heterocycles. The fourth-order valence-electron chi connectivity index (χ4n) is 3.41. The topological polar surface area (TPSA) is 97.3 Å². The van der Waals surface area contributed by atoms with Gasteiger partial charge in [0.05, 0.1) is 19.1 Å². The van der Waals surface area contributed by atoms with E-state index in [1.54, 1.807) is 50.4 Å². The molecular weight excluding hydrogens is 418 g/mol. The van der Waals surface area contributed by atoms with Crippen LogP contribution in [0.5, 0.6) is 11.5 Å². The molecule has 0 spiro atoms. The summed E-state index contributed by atoms with van der Waals surface area (Å²) in [6.45, 7) is 4.11. The summed E-state index contributed by atoms with van der Waals surface area (Å²) >= 11 is 0. The molecule has 166 valence electrons. The predicted molar refractivity (Wildman–Crippen MR) is 118 cm³/mol. The monoisotopic (exact) mass is 445 g/mol. The second-order valence-corrected chi connectivity index (χ2v) is 9.30. The number of rotatable bonds is 7. The predicted octanol–water partition coefficient (Wildman–Crippen LogP) is 2.43. The number of fused-ring (bicyclic) bond motifs is 1. The van der Waals surface area contributed by atoms with E-state index in [9.17, 15) is 13.2 Å². The molecule has 0 fully saturated rings. The lowest BCUT2D eigenvalue weighted by Gasteiger charge is -2.24. The molecular formula is C22H27N3O5S. The van der Waals surface area contributed by atoms with Gasteiger partial charge in [-0.25, -0.2) is 8.42 Å². The third kappa shape index (κ3) is 4.66. The molecule has 1 N–H and O–H groups in total. The molecule has 1 aliphatic rings. The highest BCUT2D eigenvalue weighted by molar-refractivity contribution is 7.90. The summed E-state index contributed by atoms with van der Waals surface area (Å²) in [6, 6.07) is 11.3. The molecule has 0 aromatic heterocycles. The van der Waals surface area contributed by atoms with Gasteiger partial charge in [0.2, 0.25) is 5.91 Å². The van der Waals surface area contributed by atoms with Gasteiger partial charge in [0.15, 0.2) is 11.5 Å². The zero-order valence-electron chi connectivity index (χ0n) is 18.2. The third-order valence-corrected chi connectivity index (χ3v) is 6.46. The number of nitrogens with zero attached hydrogens (tertiary/aromatic N) is 2. The van der Waals surface area contributed by atoms with Crippen LogP contribution in [0.2, 0.25) is 0 Å². The third-order valence-electron chi connectivity index (χ3n) is 5.06. The molecule has 2 aromatic carbocycles. The van der Waals surface area contributed by atoms with Crippen LogP contribution in [0, 0.1) is 5.92 Å². The van der Waals surface area contributed by atoms with Crippen LogP contribution < -0.4 is 14.2 Å². The van der Waals surface area contributed by atoms with Crippen molar-refractivity contribution >= 4 is 21.8 Å². The fraction of sp³-hybridized carbons (Fsp3) is 0.364. The Kier molecular flexibility index (Phi) is 6.54. The summed E-state index contributed by atoms with van der Waals surface area (Å²) in [4.78, 5) is 19.5. The molecule has 0 radical (unpaired) electrons. The number of hydrogen-bond donors (Lipinski definition) is 1. The summed E-state index contributed by atoms with van der Waals surface area (Å²) in [5.74, 6) is 1.05. The van der Waals surface area contributed by atoms with Crippen LogP contribution >= 0.6 is 0 Å². The Morgan fingerprint density at radius 1 is 1.10 bits per heavy atom. The lowest BCUT2D eigenvalue weighted by atomic mass is 10.0. The van der Waals surface area contributed by atoms with Crippen LogP contribution in [0.4, 0.5) is 0 Å². The number of hydrogen-bond acceptors (Lipinski definition) is 6. The first-order valence-electron chi connectivity index (χ1n) is 9.83. The minimum absolute atomic E-state index is 0.134. The summed E-state index contributed by atoms with van der Waals surface area (Å²) in [7, 11) is 1.15. The van der Waals surface area contributed by atoms with E-state index in [1.807, 2.05) is 26.0 Å². The highest BCUT2D eigenvalue weighted by Crippen LogP contribution is 2.28. The summed E-state index contributed by atoms with van der Waals surface area (Å²) in [6.07, 6.45) is 0. The van der Waals surface area contributed by atoms with Crippen molar-refractivity contribution < 1.29 is 22.7 Å². The Labute approximate surface area is 182 Å². The Hall–Kier alpha value is -3.07. The van der Waals surface area contributed by atoms with Crippen molar-refractivity contribution in [3.8, 4) is 11.5 Å². The lowest BCUT2D eigenvalue weighted by Crippen LogP contribution is -2.39. The fourth-order valence-corrected chi connectivity index (χ4v) is 4.65. The van der Waals surface area contributed by atoms with E-state index in [4.69, 9.17) is 9.47 Å². The number of nitrogens with one attached hydrogen (secondary N) is 1. The first kappa shape index (κ1) is 22.6. The van der Waals surface area contributed by atoms with Gasteiger partial charge >= 0.3 is 0 Å². The zero-order valence-corrected chi connectivity index (χ0v) is 19.1. The zero-order chi connectivity index (χ0) is 22.8. The highest BCUT2D eigenvalue weighted by Gasteiger charge is 2.33. The number of methoxy groups -OCH3 is 2. The smallest absolute Gasteiger partial charge is 0.263 e. The molecule has 0 aliphatic carbocycles. The van der Waals surface area contributed by atoms with Crippen molar-refractivity contribution in [3.05, 3.63) is 53.6 Å². The quantitative estimate of drug-likeness (QED) is 0.706. The maximum absolute atomic E-state index is 13.2. The number of aliphatic imine (C=N–C) groups is 1. The van der Waals surface area contributed by atoms with E-state index in [0.717, 1.165) is 5.56 Å². The molecule has 0 unspecified atom stereocenters. The van der Waals surface area contributed by atoms with Crippen molar-refractivity contribution in [2.75, 3.05) is 21.3 Å². The van der Waals surface area contributed by atoms with Crippen LogP contribution in [-0.4, -0.2) is 52.4 Å². The van der Waals surface area contributed by atoms with Gasteiger partial charge in [-0.1, -0.05) is 32.0 Å². The summed E-state index contributed by atoms with van der Waals surface area (Å²) in [5, 5.41) is 0. The normalized spacial score (nSPS) is 16.5. The maximum Gasteiger partial charge on any atom is 0.263 e. The number of benzene rings is 2. The largest absolute Gasteiger partial charge is 0.493 e. The second kappa shape index (κ2) is 8.97. The SMILES string of the molecule is COc1ccc(CN(C)C(=O)[C@@H](N=C2NS(=O)(=O)c3ccccc32)C(C)C)cc1OC. The van der Waals surface area contributed by atoms with E-state index >= 15 is 0 Å². The molecule has 1 amide bonds. The van der Waals surface area contributed by atoms with E-state index in [1.165, 1.54) is 6.07 Å². The first-order chi connectivity index (χ1) is 14.7. The highest BCUT2D eigenvalue weighted by atomic mass is 32.2. The minimum Gasteiger partial charge on any atom is -0.493 e. The molecule has 0 saturated heterocycles. The standard InChI is InChI=1S/C22H27N3O5S/c1-14(2)20(23-21-16-8-6-7-9-19(16)31(27,28)24-21)22(26)25(3)13-15-10-11-17(29-4)18(12-15)30-5/h6-12,14,20H,13H2,1-5H3,(H,23,24)/t20-/m0/s1. The number of carbonyl (C=O) groups is 1. The van der Waals surface area contributed by atoms with Gasteiger partial charge in [0.1, 0.15) is 11.9 Å². The Morgan fingerprint density at radius 2 is 1.77 bits per heavy atom. The average molecular weight is 446 g/mol. The van der Waals surface area contributed by atoms with Gasteiger partial charge in [-0.2, -0.15) is 0 Å². The molecule has 8 nitrogen and oxygen atoms in total. The van der Waals surface area contributed by atoms with Crippen LogP contribution in [0.1, 0.15) is 25.0 Å². The van der Waals surface area contributed by atoms with Crippen LogP contribution in [0.25, 0.3) is 0 Å². The Morgan fingerprint density at radius 3 is 2.42 bits per heavy atom. The Bertz CT molecular complexity index is 1110. The molecule has 0 bridgehead atoms. The van der Waals surface area contributed by atoms with Crippen molar-refractivity contribution in [2.45, 2.75) is 31.3 Å². The summed E-state index contributed by atoms with van der Waals surface area (Å²) in [5.41, 5.74) is 1.35. The van der Waals surface area contributed by atoms with Gasteiger partial charge in [0.25, 0.3) is 10.0 Å². The van der Waals surface area contributed by atoms with E-state index in [0.29, 0.717) is 23.6 Å². The molecule has 2 aromatic rings. The molecule has 3 rings (SSSR count). The van der Waals surface area contributed by atoms with E-state index in [-0.39, 0.29) is 22.6 Å². The Balaban J connectivity index is 1.86. The van der Waals surface area contributed by atoms with Gasteiger partial charge in [0, 0.05) is 19.2 Å². The number of carbonyl (C=O) groups excluding carboxylic acids is 1. The van der Waals surface area contributed by atoms with E-state index < -0.39 is 16.1 Å². The van der Waals surface area contributed by atoms with Gasteiger partial charge in [-0.05, 0) is 35.7 Å². The number of amidine groups is 1. The lowest BCUT2D eigenvalue weighted by molar-refractivity contribution is -0.132. The van der Waals surface area contributed by atoms with Crippen molar-refractivity contribution in [3.63, 3.8) is 0 Å². The first-order valence-corrected chi connectivity index (χ1v) is 11.3. The van der Waals surface area contributed by atoms with Gasteiger partial charge in [-0.3, -0.25) is 14.5 Å². The number of amides is 1. The number of ether oxygens (including phenoxy) is 2. The maximum atomic E-state index is 13.2. The van der Waals surface area contributed by atoms with Gasteiger partial charge in [-0.15, -0.1) is 0 Å². The minimum atomic E-state index is -3.67. The summed E-state index contributed by atoms with van der Waals surface area (Å²) < 4.78 is 37.8.